The molecule has 5 rings (SSSR count). The van der Waals surface area contributed by atoms with Crippen LogP contribution in [-0.4, -0.2) is 40.3 Å². The van der Waals surface area contributed by atoms with E-state index in [1.165, 1.54) is 0 Å². The monoisotopic (exact) mass is 370 g/mol. The average Bonchev–Trinajstić information content (AvgIpc) is 3.11. The second-order valence-corrected chi connectivity index (χ2v) is 8.15. The molecule has 26 heavy (non-hydrogen) atoms. The summed E-state index contributed by atoms with van der Waals surface area (Å²) in [4.78, 5) is 21.0. The number of hydrogen-bond acceptors (Lipinski definition) is 5. The zero-order chi connectivity index (χ0) is 18.6. The van der Waals surface area contributed by atoms with E-state index in [-0.39, 0.29) is 18.3 Å². The van der Waals surface area contributed by atoms with Crippen molar-refractivity contribution in [1.82, 2.24) is 9.88 Å². The summed E-state index contributed by atoms with van der Waals surface area (Å²) < 4.78 is 5.51. The molecule has 6 nitrogen and oxygen atoms in total. The third-order valence-electron chi connectivity index (χ3n) is 4.74. The van der Waals surface area contributed by atoms with Gasteiger partial charge in [0.25, 0.3) is 0 Å². The number of nitriles is 1. The molecule has 3 aliphatic heterocycles. The van der Waals surface area contributed by atoms with Crippen molar-refractivity contribution in [3.8, 4) is 6.07 Å². The maximum Gasteiger partial charge on any atom is 0.412 e. The van der Waals surface area contributed by atoms with Gasteiger partial charge >= 0.3 is 6.09 Å². The summed E-state index contributed by atoms with van der Waals surface area (Å²) in [5.74, 6) is 0.704. The van der Waals surface area contributed by atoms with Crippen molar-refractivity contribution in [2.45, 2.75) is 45.0 Å². The Morgan fingerprint density at radius 2 is 2.15 bits per heavy atom. The Labute approximate surface area is 156 Å². The van der Waals surface area contributed by atoms with E-state index in [1.807, 2.05) is 26.8 Å². The van der Waals surface area contributed by atoms with Crippen molar-refractivity contribution >= 4 is 34.4 Å². The minimum atomic E-state index is -0.522. The molecule has 0 N–H and O–H groups in total. The highest BCUT2D eigenvalue weighted by atomic mass is 35.5. The zero-order valence-corrected chi connectivity index (χ0v) is 15.6. The SMILES string of the molecule is CC(C)(C)OC(=O)N1C2CC1N(c1cc(C#N)c3cc(Cl)ccc3n1)C2. The Morgan fingerprint density at radius 3 is 2.85 bits per heavy atom. The number of anilines is 1. The first-order chi connectivity index (χ1) is 12.3. The van der Waals surface area contributed by atoms with Crippen LogP contribution in [0.15, 0.2) is 24.3 Å². The summed E-state index contributed by atoms with van der Waals surface area (Å²) >= 11 is 6.05. The van der Waals surface area contributed by atoms with E-state index in [1.54, 1.807) is 23.1 Å². The fraction of sp³-hybridized carbons (Fsp3) is 0.421. The molecule has 134 valence electrons. The van der Waals surface area contributed by atoms with Gasteiger partial charge in [-0.1, -0.05) is 11.6 Å². The van der Waals surface area contributed by atoms with Crippen molar-refractivity contribution in [2.24, 2.45) is 0 Å². The summed E-state index contributed by atoms with van der Waals surface area (Å²) in [7, 11) is 0. The number of hydrogen-bond donors (Lipinski definition) is 0. The van der Waals surface area contributed by atoms with Crippen LogP contribution < -0.4 is 4.90 Å². The number of fused-ring (bicyclic) bond motifs is 2. The van der Waals surface area contributed by atoms with Crippen LogP contribution in [0.1, 0.15) is 32.8 Å². The van der Waals surface area contributed by atoms with Crippen LogP contribution >= 0.6 is 11.6 Å². The third kappa shape index (κ3) is 2.73. The lowest BCUT2D eigenvalue weighted by molar-refractivity contribution is -0.00802. The van der Waals surface area contributed by atoms with E-state index in [4.69, 9.17) is 16.3 Å². The van der Waals surface area contributed by atoms with Crippen LogP contribution in [0.25, 0.3) is 10.9 Å². The first-order valence-electron chi connectivity index (χ1n) is 8.55. The van der Waals surface area contributed by atoms with Gasteiger partial charge in [0.05, 0.1) is 23.2 Å². The van der Waals surface area contributed by atoms with E-state index in [0.717, 1.165) is 17.3 Å². The highest BCUT2D eigenvalue weighted by Crippen LogP contribution is 2.41. The van der Waals surface area contributed by atoms with Crippen LogP contribution in [-0.2, 0) is 4.74 Å². The molecule has 1 aromatic heterocycles. The van der Waals surface area contributed by atoms with E-state index in [2.05, 4.69) is 16.0 Å². The minimum Gasteiger partial charge on any atom is -0.444 e. The predicted octanol–water partition coefficient (Wildman–Crippen LogP) is 3.92. The molecule has 0 spiro atoms. The molecule has 7 heteroatoms. The van der Waals surface area contributed by atoms with Crippen molar-refractivity contribution < 1.29 is 9.53 Å². The van der Waals surface area contributed by atoms with Gasteiger partial charge in [-0.05, 0) is 45.0 Å². The number of carbonyl (C=O) groups is 1. The van der Waals surface area contributed by atoms with Gasteiger partial charge in [-0.25, -0.2) is 9.78 Å². The Kier molecular flexibility index (Phi) is 3.74. The normalized spacial score (nSPS) is 21.5. The number of rotatable bonds is 1. The van der Waals surface area contributed by atoms with Crippen molar-refractivity contribution in [1.29, 1.82) is 5.26 Å². The largest absolute Gasteiger partial charge is 0.444 e. The maximum absolute atomic E-state index is 12.4. The van der Waals surface area contributed by atoms with Crippen molar-refractivity contribution in [2.75, 3.05) is 11.4 Å². The molecule has 0 aliphatic carbocycles. The minimum absolute atomic E-state index is 0.0707. The van der Waals surface area contributed by atoms with Gasteiger partial charge in [-0.3, -0.25) is 4.90 Å². The van der Waals surface area contributed by atoms with Crippen LogP contribution in [0.2, 0.25) is 5.02 Å². The smallest absolute Gasteiger partial charge is 0.412 e. The molecule has 1 aromatic carbocycles. The number of benzene rings is 1. The zero-order valence-electron chi connectivity index (χ0n) is 14.9. The van der Waals surface area contributed by atoms with Gasteiger partial charge in [0.15, 0.2) is 0 Å². The molecule has 2 aromatic rings. The van der Waals surface area contributed by atoms with Crippen LogP contribution in [0.3, 0.4) is 0 Å². The molecule has 2 unspecified atom stereocenters. The van der Waals surface area contributed by atoms with Crippen LogP contribution in [0.4, 0.5) is 10.6 Å². The van der Waals surface area contributed by atoms with E-state index >= 15 is 0 Å². The molecule has 1 amide bonds. The number of ether oxygens (including phenoxy) is 1. The fourth-order valence-corrected chi connectivity index (χ4v) is 3.79. The summed E-state index contributed by atoms with van der Waals surface area (Å²) in [6.45, 7) is 6.28. The second-order valence-electron chi connectivity index (χ2n) is 7.71. The topological polar surface area (TPSA) is 69.5 Å². The van der Waals surface area contributed by atoms with E-state index in [9.17, 15) is 10.1 Å². The van der Waals surface area contributed by atoms with Crippen molar-refractivity contribution in [3.63, 3.8) is 0 Å². The van der Waals surface area contributed by atoms with E-state index < -0.39 is 5.60 Å². The van der Waals surface area contributed by atoms with Crippen LogP contribution in [0, 0.1) is 11.3 Å². The predicted molar refractivity (Wildman–Crippen MR) is 99.1 cm³/mol. The van der Waals surface area contributed by atoms with Gasteiger partial charge < -0.3 is 9.64 Å². The molecule has 3 aliphatic rings. The third-order valence-corrected chi connectivity index (χ3v) is 4.98. The fourth-order valence-electron chi connectivity index (χ4n) is 3.62. The molecule has 2 bridgehead atoms. The second kappa shape index (κ2) is 5.75. The summed E-state index contributed by atoms with van der Waals surface area (Å²) in [5, 5.41) is 10.8. The number of halogens is 1. The maximum atomic E-state index is 12.4. The number of aromatic nitrogens is 1. The number of pyridine rings is 1. The standard InChI is InChI=1S/C19H19ClN4O2/c1-19(2,3)26-18(25)24-13-8-17(24)23(10-13)16-6-11(9-21)14-7-12(20)4-5-15(14)22-16/h4-7,13,17H,8,10H2,1-3H3. The molecular weight excluding hydrogens is 352 g/mol. The summed E-state index contributed by atoms with van der Waals surface area (Å²) in [6.07, 6.45) is 0.523. The molecular formula is C19H19ClN4O2. The number of amides is 1. The highest BCUT2D eigenvalue weighted by Gasteiger charge is 2.54. The van der Waals surface area contributed by atoms with Crippen molar-refractivity contribution in [3.05, 3.63) is 34.9 Å². The Balaban J connectivity index is 1.65. The van der Waals surface area contributed by atoms with Gasteiger partial charge in [0.2, 0.25) is 0 Å². The lowest BCUT2D eigenvalue weighted by Gasteiger charge is -2.41. The molecule has 2 atom stereocenters. The first-order valence-corrected chi connectivity index (χ1v) is 8.93. The van der Waals surface area contributed by atoms with Gasteiger partial charge in [-0.2, -0.15) is 5.26 Å². The molecule has 0 radical (unpaired) electrons. The van der Waals surface area contributed by atoms with Gasteiger partial charge in [-0.15, -0.1) is 0 Å². The van der Waals surface area contributed by atoms with E-state index in [0.29, 0.717) is 22.9 Å². The first kappa shape index (κ1) is 16.9. The molecule has 0 saturated carbocycles. The highest BCUT2D eigenvalue weighted by molar-refractivity contribution is 6.31. The molecule has 3 saturated heterocycles. The van der Waals surface area contributed by atoms with Crippen LogP contribution in [0.5, 0.6) is 0 Å². The lowest BCUT2D eigenvalue weighted by Crippen LogP contribution is -2.56. The molecule has 4 heterocycles. The Bertz CT molecular complexity index is 947. The quantitative estimate of drug-likeness (QED) is 0.761. The average molecular weight is 371 g/mol. The lowest BCUT2D eigenvalue weighted by atomic mass is 10.1. The Hall–Kier alpha value is -2.52. The number of carbonyl (C=O) groups excluding carboxylic acids is 1. The molecule has 3 fully saturated rings. The van der Waals surface area contributed by atoms with Gasteiger partial charge in [0, 0.05) is 23.4 Å². The summed E-state index contributed by atoms with van der Waals surface area (Å²) in [5.41, 5.74) is 0.725. The number of nitrogens with zero attached hydrogens (tertiary/aromatic N) is 4. The van der Waals surface area contributed by atoms with Gasteiger partial charge in [0.1, 0.15) is 17.6 Å². The summed E-state index contributed by atoms with van der Waals surface area (Å²) in [6, 6.07) is 9.45. The Morgan fingerprint density at radius 1 is 1.38 bits per heavy atom.